The first-order valence-electron chi connectivity index (χ1n) is 2.34. The van der Waals surface area contributed by atoms with E-state index in [2.05, 4.69) is 11.2 Å². The SMILES string of the molecule is O=S(=O)=C1C=C[C]=NC1. The van der Waals surface area contributed by atoms with Crippen LogP contribution in [-0.4, -0.2) is 26.0 Å². The van der Waals surface area contributed by atoms with Crippen molar-refractivity contribution in [1.29, 1.82) is 0 Å². The summed E-state index contributed by atoms with van der Waals surface area (Å²) in [6.07, 6.45) is 5.48. The number of aliphatic imine (C=N–C) groups is 1. The highest BCUT2D eigenvalue weighted by Gasteiger charge is 1.96. The monoisotopic (exact) mass is 142 g/mol. The van der Waals surface area contributed by atoms with Crippen molar-refractivity contribution in [2.24, 2.45) is 4.99 Å². The van der Waals surface area contributed by atoms with Crippen LogP contribution in [0.25, 0.3) is 0 Å². The fourth-order valence-electron chi connectivity index (χ4n) is 0.467. The zero-order valence-corrected chi connectivity index (χ0v) is 5.35. The number of hydrogen-bond donors (Lipinski definition) is 0. The molecule has 1 rings (SSSR count). The van der Waals surface area contributed by atoms with E-state index >= 15 is 0 Å². The first-order valence-corrected chi connectivity index (χ1v) is 3.42. The van der Waals surface area contributed by atoms with Crippen molar-refractivity contribution in [2.45, 2.75) is 0 Å². The molecule has 47 valence electrons. The maximum atomic E-state index is 10.2. The summed E-state index contributed by atoms with van der Waals surface area (Å²) in [4.78, 5) is 3.93. The van der Waals surface area contributed by atoms with Gasteiger partial charge in [-0.15, -0.1) is 0 Å². The maximum absolute atomic E-state index is 10.2. The minimum absolute atomic E-state index is 0.229. The average molecular weight is 142 g/mol. The van der Waals surface area contributed by atoms with E-state index in [0.717, 1.165) is 0 Å². The number of hydrogen-bond acceptors (Lipinski definition) is 3. The topological polar surface area (TPSA) is 46.5 Å². The molecular weight excluding hydrogens is 138 g/mol. The van der Waals surface area contributed by atoms with Crippen molar-refractivity contribution >= 4 is 21.4 Å². The van der Waals surface area contributed by atoms with E-state index in [1.54, 1.807) is 0 Å². The van der Waals surface area contributed by atoms with Gasteiger partial charge < -0.3 is 0 Å². The molecule has 3 nitrogen and oxygen atoms in total. The molecule has 1 aliphatic rings. The summed E-state index contributed by atoms with van der Waals surface area (Å²) in [7, 11) is -2.11. The Bertz CT molecular complexity index is 276. The Morgan fingerprint density at radius 3 is 2.78 bits per heavy atom. The van der Waals surface area contributed by atoms with Crippen LogP contribution in [0.1, 0.15) is 0 Å². The first kappa shape index (κ1) is 6.22. The molecule has 0 aliphatic carbocycles. The maximum Gasteiger partial charge on any atom is 0.219 e. The molecule has 0 saturated heterocycles. The van der Waals surface area contributed by atoms with Gasteiger partial charge in [-0.3, -0.25) is 4.99 Å². The Balaban J connectivity index is 3.05. The number of rotatable bonds is 0. The third-order valence-corrected chi connectivity index (χ3v) is 1.58. The van der Waals surface area contributed by atoms with E-state index in [1.165, 1.54) is 12.2 Å². The van der Waals surface area contributed by atoms with Gasteiger partial charge in [-0.2, -0.15) is 8.42 Å². The van der Waals surface area contributed by atoms with Crippen LogP contribution < -0.4 is 0 Å². The van der Waals surface area contributed by atoms with Crippen molar-refractivity contribution < 1.29 is 8.42 Å². The molecule has 0 N–H and O–H groups in total. The number of dihydropyridines is 1. The van der Waals surface area contributed by atoms with Gasteiger partial charge in [-0.1, -0.05) is 0 Å². The highest BCUT2D eigenvalue weighted by molar-refractivity contribution is 7.73. The Labute approximate surface area is 54.3 Å². The van der Waals surface area contributed by atoms with Gasteiger partial charge in [0.1, 0.15) is 0 Å². The molecular formula is C5H4NO2S. The molecule has 0 aromatic rings. The van der Waals surface area contributed by atoms with Gasteiger partial charge in [-0.25, -0.2) is 0 Å². The predicted molar refractivity (Wildman–Crippen MR) is 35.4 cm³/mol. The van der Waals surface area contributed by atoms with Crippen molar-refractivity contribution in [1.82, 2.24) is 0 Å². The Kier molecular flexibility index (Phi) is 1.79. The van der Waals surface area contributed by atoms with Crippen LogP contribution in [0.5, 0.6) is 0 Å². The summed E-state index contributed by atoms with van der Waals surface area (Å²) < 4.78 is 20.4. The van der Waals surface area contributed by atoms with Gasteiger partial charge in [0.2, 0.25) is 10.3 Å². The average Bonchev–Trinajstić information content (AvgIpc) is 1.90. The first-order chi connectivity index (χ1) is 4.30. The number of nitrogens with zero attached hydrogens (tertiary/aromatic N) is 1. The standard InChI is InChI=1S/C5H4NO2S/c7-9(8)5-2-1-3-6-4-5/h1-2H,4H2. The molecule has 0 aromatic heterocycles. The highest BCUT2D eigenvalue weighted by atomic mass is 32.2. The molecule has 0 unspecified atom stereocenters. The number of allylic oxidation sites excluding steroid dienone is 1. The fourth-order valence-corrected chi connectivity index (χ4v) is 0.817. The molecule has 1 aliphatic heterocycles. The van der Waals surface area contributed by atoms with E-state index in [0.29, 0.717) is 4.86 Å². The summed E-state index contributed by atoms with van der Waals surface area (Å²) in [6.45, 7) is 0.229. The molecule has 4 heteroatoms. The zero-order chi connectivity index (χ0) is 6.69. The summed E-state index contributed by atoms with van der Waals surface area (Å²) >= 11 is 0. The largest absolute Gasteiger partial charge is 0.277 e. The lowest BCUT2D eigenvalue weighted by atomic mass is 10.3. The molecule has 0 bridgehead atoms. The van der Waals surface area contributed by atoms with Crippen molar-refractivity contribution in [3.63, 3.8) is 0 Å². The molecule has 1 heterocycles. The minimum atomic E-state index is -2.11. The zero-order valence-electron chi connectivity index (χ0n) is 4.53. The minimum Gasteiger partial charge on any atom is -0.277 e. The van der Waals surface area contributed by atoms with Crippen molar-refractivity contribution in [3.05, 3.63) is 12.2 Å². The molecule has 0 aromatic carbocycles. The van der Waals surface area contributed by atoms with Crippen LogP contribution >= 0.6 is 0 Å². The Hall–Kier alpha value is -0.900. The second-order valence-electron chi connectivity index (χ2n) is 1.48. The van der Waals surface area contributed by atoms with Crippen LogP contribution in [0.15, 0.2) is 17.1 Å². The summed E-state index contributed by atoms with van der Waals surface area (Å²) in [5.41, 5.74) is 0. The van der Waals surface area contributed by atoms with Crippen LogP contribution in [0.2, 0.25) is 0 Å². The van der Waals surface area contributed by atoms with Crippen molar-refractivity contribution in [3.8, 4) is 0 Å². The van der Waals surface area contributed by atoms with Gasteiger partial charge in [0.15, 0.2) is 0 Å². The van der Waals surface area contributed by atoms with Gasteiger partial charge in [-0.05, 0) is 12.2 Å². The molecule has 0 atom stereocenters. The van der Waals surface area contributed by atoms with Gasteiger partial charge in [0.25, 0.3) is 0 Å². The third kappa shape index (κ3) is 1.50. The lowest BCUT2D eigenvalue weighted by Crippen LogP contribution is -2.03. The molecule has 0 spiro atoms. The van der Waals surface area contributed by atoms with Crippen LogP contribution in [0.3, 0.4) is 0 Å². The highest BCUT2D eigenvalue weighted by Crippen LogP contribution is 1.85. The second-order valence-corrected chi connectivity index (χ2v) is 2.47. The molecule has 9 heavy (non-hydrogen) atoms. The van der Waals surface area contributed by atoms with Crippen molar-refractivity contribution in [2.75, 3.05) is 6.54 Å². The van der Waals surface area contributed by atoms with Crippen LogP contribution in [0.4, 0.5) is 0 Å². The summed E-state index contributed by atoms with van der Waals surface area (Å²) in [6, 6.07) is 0. The Morgan fingerprint density at radius 2 is 2.44 bits per heavy atom. The van der Waals surface area contributed by atoms with E-state index in [1.807, 2.05) is 0 Å². The van der Waals surface area contributed by atoms with E-state index in [9.17, 15) is 8.42 Å². The van der Waals surface area contributed by atoms with E-state index < -0.39 is 10.3 Å². The van der Waals surface area contributed by atoms with Gasteiger partial charge in [0.05, 0.1) is 17.6 Å². The smallest absolute Gasteiger partial charge is 0.219 e. The Morgan fingerprint density at radius 1 is 1.67 bits per heavy atom. The lowest BCUT2D eigenvalue weighted by Gasteiger charge is -1.91. The fraction of sp³-hybridized carbons (Fsp3) is 0.200. The normalized spacial score (nSPS) is 16.2. The van der Waals surface area contributed by atoms with Gasteiger partial charge in [0, 0.05) is 0 Å². The second kappa shape index (κ2) is 2.59. The van der Waals surface area contributed by atoms with Gasteiger partial charge >= 0.3 is 0 Å². The van der Waals surface area contributed by atoms with Crippen LogP contribution in [0, 0.1) is 0 Å². The third-order valence-electron chi connectivity index (χ3n) is 0.884. The molecule has 0 fully saturated rings. The lowest BCUT2D eigenvalue weighted by molar-refractivity contribution is 0.627. The van der Waals surface area contributed by atoms with E-state index in [4.69, 9.17) is 0 Å². The summed E-state index contributed by atoms with van der Waals surface area (Å²) in [5, 5.41) is 0. The van der Waals surface area contributed by atoms with Crippen LogP contribution in [-0.2, 0) is 10.3 Å². The molecule has 0 amide bonds. The molecule has 1 radical (unpaired) electrons. The molecule has 0 saturated carbocycles. The quantitative estimate of drug-likeness (QED) is 0.430. The predicted octanol–water partition coefficient (Wildman–Crippen LogP) is -0.444. The summed E-state index contributed by atoms with van der Waals surface area (Å²) in [5.74, 6) is 0. The van der Waals surface area contributed by atoms with E-state index in [-0.39, 0.29) is 6.54 Å².